The highest BCUT2D eigenvalue weighted by molar-refractivity contribution is 5.80. The van der Waals surface area contributed by atoms with Crippen LogP contribution >= 0.6 is 0 Å². The molecule has 3 rings (SSSR count). The number of furan rings is 1. The van der Waals surface area contributed by atoms with E-state index < -0.39 is 0 Å². The highest BCUT2D eigenvalue weighted by Gasteiger charge is 2.15. The molecule has 2 aromatic rings. The molecule has 0 amide bonds. The van der Waals surface area contributed by atoms with Gasteiger partial charge in [0.05, 0.1) is 11.5 Å². The quantitative estimate of drug-likeness (QED) is 0.617. The minimum Gasteiger partial charge on any atom is -0.460 e. The van der Waals surface area contributed by atoms with Crippen molar-refractivity contribution in [3.63, 3.8) is 0 Å². The molecule has 1 aromatic carbocycles. The first-order valence-corrected chi connectivity index (χ1v) is 6.11. The third-order valence-corrected chi connectivity index (χ3v) is 3.34. The Bertz CT molecular complexity index is 585. The van der Waals surface area contributed by atoms with E-state index in [1.54, 1.807) is 12.1 Å². The van der Waals surface area contributed by atoms with Gasteiger partial charge in [0.25, 0.3) is 5.69 Å². The van der Waals surface area contributed by atoms with Crippen LogP contribution < -0.4 is 0 Å². The molecule has 0 unspecified atom stereocenters. The highest BCUT2D eigenvalue weighted by Crippen LogP contribution is 2.25. The van der Waals surface area contributed by atoms with Gasteiger partial charge in [-0.05, 0) is 38.1 Å². The van der Waals surface area contributed by atoms with Crippen LogP contribution in [0, 0.1) is 10.1 Å². The first-order chi connectivity index (χ1) is 8.72. The van der Waals surface area contributed by atoms with Crippen molar-refractivity contribution in [3.8, 4) is 0 Å². The predicted molar refractivity (Wildman–Crippen MR) is 67.4 cm³/mol. The van der Waals surface area contributed by atoms with Gasteiger partial charge in [-0.3, -0.25) is 15.0 Å². The predicted octanol–water partition coefficient (Wildman–Crippen LogP) is 2.94. The summed E-state index contributed by atoms with van der Waals surface area (Å²) >= 11 is 0. The number of hydrogen-bond acceptors (Lipinski definition) is 4. The lowest BCUT2D eigenvalue weighted by molar-refractivity contribution is -0.384. The maximum atomic E-state index is 10.7. The van der Waals surface area contributed by atoms with Gasteiger partial charge < -0.3 is 4.42 Å². The van der Waals surface area contributed by atoms with E-state index in [0.717, 1.165) is 36.4 Å². The van der Waals surface area contributed by atoms with Crippen LogP contribution in [0.5, 0.6) is 0 Å². The summed E-state index contributed by atoms with van der Waals surface area (Å²) in [6, 6.07) is 6.61. The van der Waals surface area contributed by atoms with Crippen LogP contribution in [0.2, 0.25) is 0 Å². The lowest BCUT2D eigenvalue weighted by Crippen LogP contribution is -2.17. The topological polar surface area (TPSA) is 59.5 Å². The van der Waals surface area contributed by atoms with Crippen LogP contribution in [-0.2, 0) is 6.54 Å². The van der Waals surface area contributed by atoms with Crippen LogP contribution in [0.3, 0.4) is 0 Å². The number of benzene rings is 1. The number of hydrogen-bond donors (Lipinski definition) is 0. The van der Waals surface area contributed by atoms with E-state index in [2.05, 4.69) is 4.90 Å². The Morgan fingerprint density at radius 2 is 2.06 bits per heavy atom. The summed E-state index contributed by atoms with van der Waals surface area (Å²) in [5, 5.41) is 11.5. The first kappa shape index (κ1) is 11.2. The highest BCUT2D eigenvalue weighted by atomic mass is 16.6. The number of nitro benzene ring substituents is 1. The molecule has 0 bridgehead atoms. The molecule has 0 spiro atoms. The van der Waals surface area contributed by atoms with E-state index in [1.165, 1.54) is 18.9 Å². The summed E-state index contributed by atoms with van der Waals surface area (Å²) in [6.45, 7) is 3.01. The zero-order valence-corrected chi connectivity index (χ0v) is 9.96. The molecule has 18 heavy (non-hydrogen) atoms. The molecule has 0 N–H and O–H groups in total. The lowest BCUT2D eigenvalue weighted by Gasteiger charge is -2.11. The largest absolute Gasteiger partial charge is 0.460 e. The van der Waals surface area contributed by atoms with Crippen molar-refractivity contribution >= 4 is 16.7 Å². The molecule has 2 heterocycles. The third kappa shape index (κ3) is 2.09. The van der Waals surface area contributed by atoms with Crippen molar-refractivity contribution < 1.29 is 9.34 Å². The van der Waals surface area contributed by atoms with E-state index in [-0.39, 0.29) is 10.6 Å². The van der Waals surface area contributed by atoms with Gasteiger partial charge in [-0.25, -0.2) is 0 Å². The Kier molecular flexibility index (Phi) is 2.76. The van der Waals surface area contributed by atoms with Gasteiger partial charge in [-0.2, -0.15) is 0 Å². The monoisotopic (exact) mass is 246 g/mol. The molecule has 1 fully saturated rings. The summed E-state index contributed by atoms with van der Waals surface area (Å²) < 4.78 is 5.70. The molecule has 5 heteroatoms. The molecular formula is C13H14N2O3. The van der Waals surface area contributed by atoms with Gasteiger partial charge in [-0.1, -0.05) is 0 Å². The van der Waals surface area contributed by atoms with Crippen LogP contribution in [0.15, 0.2) is 28.7 Å². The second-order valence-corrected chi connectivity index (χ2v) is 4.68. The number of nitro groups is 1. The van der Waals surface area contributed by atoms with E-state index in [4.69, 9.17) is 4.42 Å². The Morgan fingerprint density at radius 3 is 2.78 bits per heavy atom. The standard InChI is InChI=1S/C13H14N2O3/c16-15(17)11-3-4-13-10(7-11)8-12(18-13)9-14-5-1-2-6-14/h3-4,7-8H,1-2,5-6,9H2. The number of rotatable bonds is 3. The molecular weight excluding hydrogens is 232 g/mol. The Labute approximate surface area is 104 Å². The zero-order valence-electron chi connectivity index (χ0n) is 9.96. The average Bonchev–Trinajstić information content (AvgIpc) is 2.96. The van der Waals surface area contributed by atoms with Crippen molar-refractivity contribution in [2.24, 2.45) is 0 Å². The maximum Gasteiger partial charge on any atom is 0.270 e. The molecule has 0 saturated carbocycles. The molecule has 0 atom stereocenters. The molecule has 5 nitrogen and oxygen atoms in total. The van der Waals surface area contributed by atoms with Crippen LogP contribution in [0.25, 0.3) is 11.0 Å². The second kappa shape index (κ2) is 4.42. The third-order valence-electron chi connectivity index (χ3n) is 3.34. The summed E-state index contributed by atoms with van der Waals surface area (Å²) in [6.07, 6.45) is 2.48. The molecule has 1 aliphatic rings. The normalized spacial score (nSPS) is 16.4. The van der Waals surface area contributed by atoms with E-state index >= 15 is 0 Å². The smallest absolute Gasteiger partial charge is 0.270 e. The number of non-ortho nitro benzene ring substituents is 1. The van der Waals surface area contributed by atoms with Gasteiger partial charge in [0.15, 0.2) is 0 Å². The molecule has 1 aliphatic heterocycles. The van der Waals surface area contributed by atoms with Crippen molar-refractivity contribution in [2.75, 3.05) is 13.1 Å². The van der Waals surface area contributed by atoms with Crippen molar-refractivity contribution in [3.05, 3.63) is 40.1 Å². The Balaban J connectivity index is 1.87. The minimum atomic E-state index is -0.382. The van der Waals surface area contributed by atoms with E-state index in [9.17, 15) is 10.1 Å². The SMILES string of the molecule is O=[N+]([O-])c1ccc2oc(CN3CCCC3)cc2c1. The van der Waals surface area contributed by atoms with Gasteiger partial charge in [0.1, 0.15) is 11.3 Å². The van der Waals surface area contributed by atoms with Crippen molar-refractivity contribution in [2.45, 2.75) is 19.4 Å². The lowest BCUT2D eigenvalue weighted by atomic mass is 10.2. The molecule has 94 valence electrons. The summed E-state index contributed by atoms with van der Waals surface area (Å²) in [4.78, 5) is 12.7. The number of fused-ring (bicyclic) bond motifs is 1. The van der Waals surface area contributed by atoms with Gasteiger partial charge in [0, 0.05) is 17.5 Å². The summed E-state index contributed by atoms with van der Waals surface area (Å²) in [5.74, 6) is 0.882. The molecule has 0 aliphatic carbocycles. The molecule has 0 radical (unpaired) electrons. The average molecular weight is 246 g/mol. The number of likely N-dealkylation sites (tertiary alicyclic amines) is 1. The Morgan fingerprint density at radius 1 is 1.28 bits per heavy atom. The van der Waals surface area contributed by atoms with Crippen molar-refractivity contribution in [1.82, 2.24) is 4.90 Å². The molecule has 1 aromatic heterocycles. The summed E-state index contributed by atoms with van der Waals surface area (Å²) in [5.41, 5.74) is 0.825. The second-order valence-electron chi connectivity index (χ2n) is 4.68. The minimum absolute atomic E-state index is 0.107. The fourth-order valence-electron chi connectivity index (χ4n) is 2.44. The fraction of sp³-hybridized carbons (Fsp3) is 0.385. The number of nitrogens with zero attached hydrogens (tertiary/aromatic N) is 2. The van der Waals surface area contributed by atoms with Gasteiger partial charge in [-0.15, -0.1) is 0 Å². The van der Waals surface area contributed by atoms with Crippen LogP contribution in [0.4, 0.5) is 5.69 Å². The summed E-state index contributed by atoms with van der Waals surface area (Å²) in [7, 11) is 0. The molecule has 1 saturated heterocycles. The zero-order chi connectivity index (χ0) is 12.5. The van der Waals surface area contributed by atoms with E-state index in [1.807, 2.05) is 6.07 Å². The fourth-order valence-corrected chi connectivity index (χ4v) is 2.44. The van der Waals surface area contributed by atoms with Crippen LogP contribution in [0.1, 0.15) is 18.6 Å². The van der Waals surface area contributed by atoms with E-state index in [0.29, 0.717) is 0 Å². The maximum absolute atomic E-state index is 10.7. The van der Waals surface area contributed by atoms with Crippen molar-refractivity contribution in [1.29, 1.82) is 0 Å². The first-order valence-electron chi connectivity index (χ1n) is 6.11. The Hall–Kier alpha value is -1.88. The van der Waals surface area contributed by atoms with Gasteiger partial charge in [0.2, 0.25) is 0 Å². The van der Waals surface area contributed by atoms with Crippen LogP contribution in [-0.4, -0.2) is 22.9 Å². The van der Waals surface area contributed by atoms with Gasteiger partial charge >= 0.3 is 0 Å².